The number of fused-ring (bicyclic) bond motifs is 1. The molecule has 0 bridgehead atoms. The van der Waals surface area contributed by atoms with Gasteiger partial charge in [0.05, 0.1) is 11.1 Å². The largest absolute Gasteiger partial charge is 0.483 e. The van der Waals surface area contributed by atoms with Crippen LogP contribution in [0, 0.1) is 0 Å². The minimum Gasteiger partial charge on any atom is -0.483 e. The number of nitrogens with zero attached hydrogens (tertiary/aromatic N) is 1. The van der Waals surface area contributed by atoms with Crippen LogP contribution in [0.15, 0.2) is 18.2 Å². The van der Waals surface area contributed by atoms with Crippen molar-refractivity contribution in [3.8, 4) is 5.75 Å². The van der Waals surface area contributed by atoms with E-state index in [1.54, 1.807) is 6.07 Å². The molecule has 1 unspecified atom stereocenters. The molecule has 3 rings (SSSR count). The zero-order chi connectivity index (χ0) is 25.9. The molecule has 0 saturated carbocycles. The molecule has 1 aromatic rings. The van der Waals surface area contributed by atoms with Crippen LogP contribution < -0.4 is 20.7 Å². The van der Waals surface area contributed by atoms with Crippen molar-refractivity contribution in [2.45, 2.75) is 70.3 Å². The third kappa shape index (κ3) is 7.13. The van der Waals surface area contributed by atoms with Crippen molar-refractivity contribution in [1.29, 1.82) is 0 Å². The molecule has 196 valence electrons. The van der Waals surface area contributed by atoms with E-state index in [0.717, 1.165) is 30.7 Å². The number of nitrogens with one attached hydrogen (secondary N) is 3. The summed E-state index contributed by atoms with van der Waals surface area (Å²) >= 11 is 0. The van der Waals surface area contributed by atoms with Gasteiger partial charge in [0.25, 0.3) is 17.7 Å². The van der Waals surface area contributed by atoms with E-state index >= 15 is 0 Å². The van der Waals surface area contributed by atoms with Gasteiger partial charge < -0.3 is 15.4 Å². The lowest BCUT2D eigenvalue weighted by atomic mass is 10.0. The number of imide groups is 2. The number of piperidine rings is 1. The average Bonchev–Trinajstić information content (AvgIpc) is 3.11. The molecule has 10 heteroatoms. The quantitative estimate of drug-likeness (QED) is 0.247. The van der Waals surface area contributed by atoms with Gasteiger partial charge in [0.1, 0.15) is 11.8 Å². The van der Waals surface area contributed by atoms with Crippen LogP contribution in [0.5, 0.6) is 5.75 Å². The highest BCUT2D eigenvalue weighted by Gasteiger charge is 2.46. The van der Waals surface area contributed by atoms with E-state index in [2.05, 4.69) is 16.0 Å². The molecule has 2 heterocycles. The third-order valence-electron chi connectivity index (χ3n) is 6.46. The molecule has 0 spiro atoms. The van der Waals surface area contributed by atoms with Crippen LogP contribution in [0.25, 0.3) is 0 Å². The van der Waals surface area contributed by atoms with Gasteiger partial charge in [0, 0.05) is 13.0 Å². The zero-order valence-corrected chi connectivity index (χ0v) is 20.9. The molecule has 1 fully saturated rings. The van der Waals surface area contributed by atoms with E-state index < -0.39 is 29.7 Å². The lowest BCUT2D eigenvalue weighted by Crippen LogP contribution is -2.54. The Morgan fingerprint density at radius 2 is 1.64 bits per heavy atom. The van der Waals surface area contributed by atoms with Gasteiger partial charge in [-0.1, -0.05) is 44.6 Å². The summed E-state index contributed by atoms with van der Waals surface area (Å²) in [5.74, 6) is -2.58. The normalized spacial score (nSPS) is 17.2. The number of benzene rings is 1. The van der Waals surface area contributed by atoms with Crippen molar-refractivity contribution >= 4 is 29.5 Å². The Morgan fingerprint density at radius 1 is 0.972 bits per heavy atom. The van der Waals surface area contributed by atoms with Crippen LogP contribution in [0.2, 0.25) is 0 Å². The molecule has 36 heavy (non-hydrogen) atoms. The minimum atomic E-state index is -1.05. The number of amides is 5. The number of rotatable bonds is 15. The van der Waals surface area contributed by atoms with E-state index in [9.17, 15) is 24.0 Å². The van der Waals surface area contributed by atoms with Crippen molar-refractivity contribution < 1.29 is 28.7 Å². The first-order chi connectivity index (χ1) is 17.4. The van der Waals surface area contributed by atoms with Gasteiger partial charge in [-0.25, -0.2) is 0 Å². The van der Waals surface area contributed by atoms with Crippen LogP contribution >= 0.6 is 0 Å². The maximum absolute atomic E-state index is 13.0. The SMILES string of the molecule is CNCCCCCCCCCCNC(=O)COc1cccc2c1C(=O)N(C1CCC(=O)NC1=O)C2=O. The third-order valence-corrected chi connectivity index (χ3v) is 6.46. The summed E-state index contributed by atoms with van der Waals surface area (Å²) in [6.07, 6.45) is 9.40. The van der Waals surface area contributed by atoms with Gasteiger partial charge in [0.15, 0.2) is 6.61 Å². The zero-order valence-electron chi connectivity index (χ0n) is 20.9. The summed E-state index contributed by atoms with van der Waals surface area (Å²) in [7, 11) is 1.97. The van der Waals surface area contributed by atoms with Crippen molar-refractivity contribution in [3.05, 3.63) is 29.3 Å². The van der Waals surface area contributed by atoms with Gasteiger partial charge in [-0.05, 0) is 45.0 Å². The summed E-state index contributed by atoms with van der Waals surface area (Å²) in [5.41, 5.74) is 0.149. The molecule has 10 nitrogen and oxygen atoms in total. The Hall–Kier alpha value is -3.27. The van der Waals surface area contributed by atoms with Crippen molar-refractivity contribution in [3.63, 3.8) is 0 Å². The predicted molar refractivity (Wildman–Crippen MR) is 132 cm³/mol. The van der Waals surface area contributed by atoms with Gasteiger partial charge in [-0.15, -0.1) is 0 Å². The highest BCUT2D eigenvalue weighted by Crippen LogP contribution is 2.33. The predicted octanol–water partition coefficient (Wildman–Crippen LogP) is 1.92. The molecule has 3 N–H and O–H groups in total. The van der Waals surface area contributed by atoms with E-state index in [0.29, 0.717) is 6.54 Å². The monoisotopic (exact) mass is 500 g/mol. The number of hydrogen-bond donors (Lipinski definition) is 3. The molecule has 0 aliphatic carbocycles. The van der Waals surface area contributed by atoms with E-state index in [1.165, 1.54) is 44.2 Å². The Balaban J connectivity index is 1.40. The highest BCUT2D eigenvalue weighted by molar-refractivity contribution is 6.24. The number of carbonyl (C=O) groups is 5. The smallest absolute Gasteiger partial charge is 0.266 e. The van der Waals surface area contributed by atoms with Crippen LogP contribution in [-0.4, -0.2) is 67.2 Å². The van der Waals surface area contributed by atoms with Crippen LogP contribution in [0.4, 0.5) is 0 Å². The summed E-state index contributed by atoms with van der Waals surface area (Å²) in [6, 6.07) is 3.51. The fourth-order valence-electron chi connectivity index (χ4n) is 4.51. The maximum atomic E-state index is 13.0. The lowest BCUT2D eigenvalue weighted by molar-refractivity contribution is -0.136. The summed E-state index contributed by atoms with van der Waals surface area (Å²) < 4.78 is 5.59. The van der Waals surface area contributed by atoms with Crippen molar-refractivity contribution in [1.82, 2.24) is 20.9 Å². The topological polar surface area (TPSA) is 134 Å². The van der Waals surface area contributed by atoms with Gasteiger partial charge >= 0.3 is 0 Å². The molecule has 1 saturated heterocycles. The first kappa shape index (κ1) is 27.3. The Labute approximate surface area is 211 Å². The van der Waals surface area contributed by atoms with Crippen LogP contribution in [-0.2, 0) is 14.4 Å². The van der Waals surface area contributed by atoms with E-state index in [-0.39, 0.29) is 42.2 Å². The van der Waals surface area contributed by atoms with Gasteiger partial charge in [-0.3, -0.25) is 34.2 Å². The molecular weight excluding hydrogens is 464 g/mol. The molecular formula is C26H36N4O6. The molecule has 2 aliphatic heterocycles. The van der Waals surface area contributed by atoms with Crippen LogP contribution in [0.1, 0.15) is 84.9 Å². The minimum absolute atomic E-state index is 0.0333. The molecule has 5 amide bonds. The fraction of sp³-hybridized carbons (Fsp3) is 0.577. The van der Waals surface area contributed by atoms with E-state index in [4.69, 9.17) is 4.74 Å². The van der Waals surface area contributed by atoms with Crippen molar-refractivity contribution in [2.24, 2.45) is 0 Å². The number of hydrogen-bond acceptors (Lipinski definition) is 7. The highest BCUT2D eigenvalue weighted by atomic mass is 16.5. The molecule has 2 aliphatic rings. The second kappa shape index (κ2) is 13.7. The molecule has 1 atom stereocenters. The lowest BCUT2D eigenvalue weighted by Gasteiger charge is -2.27. The molecule has 0 radical (unpaired) electrons. The summed E-state index contributed by atoms with van der Waals surface area (Å²) in [5, 5.41) is 8.14. The second-order valence-electron chi connectivity index (χ2n) is 9.20. The maximum Gasteiger partial charge on any atom is 0.266 e. The standard InChI is InChI=1S/C26H36N4O6/c1-27-15-8-6-4-2-3-5-7-9-16-28-22(32)17-36-20-12-10-11-18-23(20)26(35)30(25(18)34)19-13-14-21(31)29-24(19)33/h10-12,19,27H,2-9,13-17H2,1H3,(H,28,32)(H,29,31,33). The van der Waals surface area contributed by atoms with Gasteiger partial charge in [-0.2, -0.15) is 0 Å². The average molecular weight is 501 g/mol. The number of ether oxygens (including phenoxy) is 1. The fourth-order valence-corrected chi connectivity index (χ4v) is 4.51. The first-order valence-corrected chi connectivity index (χ1v) is 12.8. The summed E-state index contributed by atoms with van der Waals surface area (Å²) in [6.45, 7) is 1.34. The van der Waals surface area contributed by atoms with Gasteiger partial charge in [0.2, 0.25) is 11.8 Å². The molecule has 1 aromatic carbocycles. The number of unbranched alkanes of at least 4 members (excludes halogenated alkanes) is 7. The van der Waals surface area contributed by atoms with E-state index in [1.807, 2.05) is 7.05 Å². The van der Waals surface area contributed by atoms with Crippen molar-refractivity contribution in [2.75, 3.05) is 26.7 Å². The Morgan fingerprint density at radius 3 is 2.31 bits per heavy atom. The summed E-state index contributed by atoms with van der Waals surface area (Å²) in [4.78, 5) is 62.6. The first-order valence-electron chi connectivity index (χ1n) is 12.8. The second-order valence-corrected chi connectivity index (χ2v) is 9.20. The molecule has 0 aromatic heterocycles. The van der Waals surface area contributed by atoms with Crippen LogP contribution in [0.3, 0.4) is 0 Å². The number of carbonyl (C=O) groups excluding carboxylic acids is 5. The Kier molecular flexibility index (Phi) is 10.4. The Bertz CT molecular complexity index is 979.